The van der Waals surface area contributed by atoms with Gasteiger partial charge in [0.1, 0.15) is 17.2 Å². The van der Waals surface area contributed by atoms with Gasteiger partial charge in [0, 0.05) is 25.3 Å². The van der Waals surface area contributed by atoms with Gasteiger partial charge < -0.3 is 13.9 Å². The first-order chi connectivity index (χ1) is 18.9. The highest BCUT2D eigenvalue weighted by atomic mass is 79.9. The van der Waals surface area contributed by atoms with Gasteiger partial charge in [0.15, 0.2) is 5.76 Å². The third-order valence-electron chi connectivity index (χ3n) is 5.84. The molecule has 0 atom stereocenters. The molecule has 0 aliphatic carbocycles. The van der Waals surface area contributed by atoms with Crippen LogP contribution in [-0.4, -0.2) is 57.0 Å². The number of hydrogen-bond acceptors (Lipinski definition) is 8. The van der Waals surface area contributed by atoms with E-state index in [0.29, 0.717) is 44.2 Å². The summed E-state index contributed by atoms with van der Waals surface area (Å²) in [5.41, 5.74) is 0.834. The molecule has 4 aromatic rings. The maximum absolute atomic E-state index is 14.0. The van der Waals surface area contributed by atoms with Gasteiger partial charge in [-0.05, 0) is 58.4 Å². The minimum absolute atomic E-state index is 0.0558. The summed E-state index contributed by atoms with van der Waals surface area (Å²) in [5.74, 6) is 1.59. The molecule has 0 fully saturated rings. The van der Waals surface area contributed by atoms with Crippen molar-refractivity contribution in [2.45, 2.75) is 25.7 Å². The van der Waals surface area contributed by atoms with Crippen molar-refractivity contribution in [2.75, 3.05) is 25.1 Å². The number of sulfonamides is 1. The molecule has 212 valence electrons. The Morgan fingerprint density at radius 1 is 1.12 bits per heavy atom. The molecule has 0 unspecified atom stereocenters. The average molecular weight is 667 g/mol. The van der Waals surface area contributed by atoms with Gasteiger partial charge in [0.05, 0.1) is 36.6 Å². The third-order valence-corrected chi connectivity index (χ3v) is 9.85. The number of furan rings is 1. The summed E-state index contributed by atoms with van der Waals surface area (Å²) >= 11 is 9.39. The van der Waals surface area contributed by atoms with Crippen molar-refractivity contribution >= 4 is 57.7 Å². The van der Waals surface area contributed by atoms with Crippen molar-refractivity contribution in [3.8, 4) is 28.8 Å². The summed E-state index contributed by atoms with van der Waals surface area (Å²) < 4.78 is 48.4. The fraction of sp³-hybridized carbons (Fsp3) is 0.269. The highest BCUT2D eigenvalue weighted by molar-refractivity contribution is 9.10. The number of pyridine rings is 1. The minimum atomic E-state index is -4.10. The second kappa shape index (κ2) is 12.2. The molecule has 0 radical (unpaired) electrons. The van der Waals surface area contributed by atoms with Crippen LogP contribution in [0, 0.1) is 0 Å². The van der Waals surface area contributed by atoms with Gasteiger partial charge in [-0.2, -0.15) is 0 Å². The lowest BCUT2D eigenvalue weighted by Crippen LogP contribution is -2.36. The smallest absolute Gasteiger partial charge is 0.259 e. The van der Waals surface area contributed by atoms with Crippen LogP contribution in [0.2, 0.25) is 30.7 Å². The molecule has 0 saturated heterocycles. The Balaban J connectivity index is 1.95. The standard InChI is InChI=1S/C26H29BrClN5O5SSi/c1-36-21-8-6-9-22(37-2)24(21)33-25(23-10-7-13-38-23)30-31-26(33)32(12-15-40(3,4)5)39(34,35)14-11-20-19(27)16-18(28)17-29-20/h6-11,13-14,16-17H,12,15H2,1-5H3/b14-11-. The molecule has 3 heterocycles. The zero-order valence-electron chi connectivity index (χ0n) is 22.6. The van der Waals surface area contributed by atoms with Crippen LogP contribution in [0.25, 0.3) is 23.3 Å². The molecule has 0 aliphatic heterocycles. The van der Waals surface area contributed by atoms with Gasteiger partial charge in [0.2, 0.25) is 11.8 Å². The number of para-hydroxylation sites is 1. The minimum Gasteiger partial charge on any atom is -0.494 e. The Morgan fingerprint density at radius 2 is 1.82 bits per heavy atom. The van der Waals surface area contributed by atoms with Crippen LogP contribution in [0.1, 0.15) is 5.69 Å². The Hall–Kier alpha value is -3.13. The van der Waals surface area contributed by atoms with E-state index >= 15 is 0 Å². The highest BCUT2D eigenvalue weighted by Crippen LogP contribution is 2.39. The molecule has 14 heteroatoms. The van der Waals surface area contributed by atoms with Crippen molar-refractivity contribution < 1.29 is 22.3 Å². The molecule has 0 N–H and O–H groups in total. The summed E-state index contributed by atoms with van der Waals surface area (Å²) in [5, 5.41) is 10.3. The van der Waals surface area contributed by atoms with E-state index in [-0.39, 0.29) is 18.3 Å². The topological polar surface area (TPSA) is 113 Å². The van der Waals surface area contributed by atoms with E-state index in [0.717, 1.165) is 5.41 Å². The van der Waals surface area contributed by atoms with E-state index < -0.39 is 18.1 Å². The summed E-state index contributed by atoms with van der Waals surface area (Å²) in [4.78, 5) is 4.23. The van der Waals surface area contributed by atoms with E-state index in [1.807, 2.05) is 0 Å². The van der Waals surface area contributed by atoms with Crippen LogP contribution in [0.15, 0.2) is 63.2 Å². The van der Waals surface area contributed by atoms with Crippen molar-refractivity contribution in [1.29, 1.82) is 0 Å². The van der Waals surface area contributed by atoms with Crippen LogP contribution >= 0.6 is 27.5 Å². The molecule has 3 aromatic heterocycles. The van der Waals surface area contributed by atoms with E-state index in [9.17, 15) is 8.42 Å². The van der Waals surface area contributed by atoms with E-state index in [1.165, 1.54) is 37.1 Å². The SMILES string of the molecule is COc1cccc(OC)c1-n1c(-c2ccco2)nnc1N(CC[Si](C)(C)C)S(=O)(=O)/C=C\c1ncc(Cl)cc1Br. The summed E-state index contributed by atoms with van der Waals surface area (Å²) in [6.07, 6.45) is 4.36. The molecule has 1 aromatic carbocycles. The van der Waals surface area contributed by atoms with Gasteiger partial charge >= 0.3 is 0 Å². The maximum Gasteiger partial charge on any atom is 0.259 e. The van der Waals surface area contributed by atoms with Crippen LogP contribution in [-0.2, 0) is 10.0 Å². The second-order valence-corrected chi connectivity index (χ2v) is 18.6. The van der Waals surface area contributed by atoms with E-state index in [2.05, 4.69) is 50.8 Å². The predicted octanol–water partition coefficient (Wildman–Crippen LogP) is 6.50. The summed E-state index contributed by atoms with van der Waals surface area (Å²) in [6, 6.07) is 11.0. The van der Waals surface area contributed by atoms with Crippen LogP contribution in [0.3, 0.4) is 0 Å². The Bertz CT molecular complexity index is 1600. The van der Waals surface area contributed by atoms with Gasteiger partial charge in [-0.3, -0.25) is 9.55 Å². The van der Waals surface area contributed by atoms with E-state index in [1.54, 1.807) is 41.0 Å². The molecule has 0 aliphatic rings. The zero-order chi connectivity index (χ0) is 29.1. The number of methoxy groups -OCH3 is 2. The second-order valence-electron chi connectivity index (χ2n) is 9.90. The average Bonchev–Trinajstić information content (AvgIpc) is 3.57. The number of aromatic nitrogens is 4. The van der Waals surface area contributed by atoms with Gasteiger partial charge in [0.25, 0.3) is 10.0 Å². The Kier molecular flexibility index (Phi) is 9.08. The van der Waals surface area contributed by atoms with Gasteiger partial charge in [-0.15, -0.1) is 10.2 Å². The predicted molar refractivity (Wildman–Crippen MR) is 163 cm³/mol. The van der Waals surface area contributed by atoms with Gasteiger partial charge in [-0.1, -0.05) is 37.3 Å². The first-order valence-corrected chi connectivity index (χ1v) is 18.6. The fourth-order valence-corrected chi connectivity index (χ4v) is 6.78. The molecular formula is C26H29BrClN5O5SSi. The molecule has 0 saturated carbocycles. The number of halogens is 2. The van der Waals surface area contributed by atoms with Crippen molar-refractivity contribution in [3.05, 3.63) is 69.5 Å². The van der Waals surface area contributed by atoms with Crippen molar-refractivity contribution in [3.63, 3.8) is 0 Å². The molecule has 0 amide bonds. The number of benzene rings is 1. The molecule has 4 rings (SSSR count). The largest absolute Gasteiger partial charge is 0.494 e. The summed E-state index contributed by atoms with van der Waals surface area (Å²) in [6.45, 7) is 6.69. The van der Waals surface area contributed by atoms with Crippen LogP contribution in [0.5, 0.6) is 11.5 Å². The van der Waals surface area contributed by atoms with Gasteiger partial charge in [-0.25, -0.2) is 12.7 Å². The number of nitrogens with zero attached hydrogens (tertiary/aromatic N) is 5. The number of ether oxygens (including phenoxy) is 2. The van der Waals surface area contributed by atoms with Crippen molar-refractivity contribution in [1.82, 2.24) is 19.7 Å². The molecule has 0 spiro atoms. The number of hydrogen-bond donors (Lipinski definition) is 0. The Labute approximate surface area is 247 Å². The molecule has 0 bridgehead atoms. The fourth-order valence-electron chi connectivity index (χ4n) is 3.81. The third kappa shape index (κ3) is 6.60. The molecule has 10 nitrogen and oxygen atoms in total. The highest BCUT2D eigenvalue weighted by Gasteiger charge is 2.32. The quantitative estimate of drug-likeness (QED) is 0.167. The summed E-state index contributed by atoms with van der Waals surface area (Å²) in [7, 11) is -2.76. The lowest BCUT2D eigenvalue weighted by Gasteiger charge is -2.26. The first-order valence-electron chi connectivity index (χ1n) is 12.2. The molecular weight excluding hydrogens is 638 g/mol. The van der Waals surface area contributed by atoms with Crippen molar-refractivity contribution in [2.24, 2.45) is 0 Å². The number of anilines is 1. The normalized spacial score (nSPS) is 12.2. The maximum atomic E-state index is 14.0. The monoisotopic (exact) mass is 665 g/mol. The zero-order valence-corrected chi connectivity index (χ0v) is 26.8. The van der Waals surface area contributed by atoms with Crippen LogP contribution < -0.4 is 13.8 Å². The molecule has 40 heavy (non-hydrogen) atoms. The van der Waals surface area contributed by atoms with Crippen LogP contribution in [0.4, 0.5) is 5.95 Å². The lowest BCUT2D eigenvalue weighted by molar-refractivity contribution is 0.391. The number of rotatable bonds is 11. The van der Waals surface area contributed by atoms with E-state index in [4.69, 9.17) is 25.5 Å². The lowest BCUT2D eigenvalue weighted by atomic mass is 10.2. The first kappa shape index (κ1) is 29.8. The Morgan fingerprint density at radius 3 is 2.40 bits per heavy atom.